The maximum Gasteiger partial charge on any atom is 0.334 e. The summed E-state index contributed by atoms with van der Waals surface area (Å²) in [7, 11) is 0. The maximum atomic E-state index is 11.8. The zero-order valence-electron chi connectivity index (χ0n) is 10.2. The van der Waals surface area contributed by atoms with E-state index in [9.17, 15) is 9.59 Å². The predicted molar refractivity (Wildman–Crippen MR) is 68.2 cm³/mol. The van der Waals surface area contributed by atoms with Crippen molar-refractivity contribution in [1.82, 2.24) is 15.2 Å². The van der Waals surface area contributed by atoms with Gasteiger partial charge in [-0.25, -0.2) is 14.6 Å². The average molecular weight is 285 g/mol. The summed E-state index contributed by atoms with van der Waals surface area (Å²) < 4.78 is 5.05. The molecular formula is C11H15N3O4S. The fraction of sp³-hybridized carbons (Fsp3) is 0.545. The fourth-order valence-corrected chi connectivity index (χ4v) is 2.35. The van der Waals surface area contributed by atoms with Crippen molar-refractivity contribution < 1.29 is 19.4 Å². The minimum atomic E-state index is -1.04. The minimum Gasteiger partial charge on any atom is -0.479 e. The number of nitrogens with one attached hydrogen (secondary N) is 1. The molecule has 2 amide bonds. The van der Waals surface area contributed by atoms with Gasteiger partial charge in [0.15, 0.2) is 6.10 Å². The first kappa shape index (κ1) is 13.8. The highest BCUT2D eigenvalue weighted by atomic mass is 32.1. The first-order valence-electron chi connectivity index (χ1n) is 5.91. The molecule has 8 heteroatoms. The smallest absolute Gasteiger partial charge is 0.334 e. The Morgan fingerprint density at radius 3 is 3.16 bits per heavy atom. The number of ether oxygens (including phenoxy) is 1. The van der Waals surface area contributed by atoms with Gasteiger partial charge >= 0.3 is 12.0 Å². The van der Waals surface area contributed by atoms with E-state index in [-0.39, 0.29) is 19.2 Å². The van der Waals surface area contributed by atoms with Gasteiger partial charge in [0.25, 0.3) is 0 Å². The predicted octanol–water partition coefficient (Wildman–Crippen LogP) is 0.181. The van der Waals surface area contributed by atoms with Gasteiger partial charge in [-0.3, -0.25) is 0 Å². The van der Waals surface area contributed by atoms with Gasteiger partial charge < -0.3 is 20.1 Å². The lowest BCUT2D eigenvalue weighted by atomic mass is 10.3. The Morgan fingerprint density at radius 1 is 1.63 bits per heavy atom. The number of carbonyl (C=O) groups is 2. The third-order valence-corrected chi connectivity index (χ3v) is 3.41. The van der Waals surface area contributed by atoms with E-state index in [1.807, 2.05) is 5.38 Å². The van der Waals surface area contributed by atoms with Crippen LogP contribution < -0.4 is 5.32 Å². The van der Waals surface area contributed by atoms with E-state index in [1.54, 1.807) is 5.51 Å². The van der Waals surface area contributed by atoms with Crippen LogP contribution >= 0.6 is 11.3 Å². The Kier molecular flexibility index (Phi) is 4.69. The van der Waals surface area contributed by atoms with Gasteiger partial charge in [0.1, 0.15) is 0 Å². The van der Waals surface area contributed by atoms with Crippen LogP contribution in [0.25, 0.3) is 0 Å². The molecule has 7 nitrogen and oxygen atoms in total. The molecular weight excluding hydrogens is 270 g/mol. The third-order valence-electron chi connectivity index (χ3n) is 2.77. The highest BCUT2D eigenvalue weighted by molar-refractivity contribution is 7.07. The number of carbonyl (C=O) groups excluding carboxylic acids is 1. The fourth-order valence-electron chi connectivity index (χ4n) is 1.75. The number of hydrogen-bond donors (Lipinski definition) is 2. The van der Waals surface area contributed by atoms with Crippen molar-refractivity contribution in [2.24, 2.45) is 0 Å². The number of carboxylic acid groups (broad SMARTS) is 1. The summed E-state index contributed by atoms with van der Waals surface area (Å²) in [6.07, 6.45) is -0.264. The van der Waals surface area contributed by atoms with Crippen molar-refractivity contribution in [2.45, 2.75) is 12.5 Å². The van der Waals surface area contributed by atoms with Crippen LogP contribution in [0.15, 0.2) is 10.9 Å². The molecule has 0 radical (unpaired) electrons. The summed E-state index contributed by atoms with van der Waals surface area (Å²) in [4.78, 5) is 28.2. The lowest BCUT2D eigenvalue weighted by Gasteiger charge is -2.30. The number of nitrogens with zero attached hydrogens (tertiary/aromatic N) is 2. The normalized spacial score (nSPS) is 19.2. The number of aliphatic carboxylic acids is 1. The van der Waals surface area contributed by atoms with Gasteiger partial charge in [-0.05, 0) is 0 Å². The Hall–Kier alpha value is -1.67. The molecule has 1 fully saturated rings. The molecule has 1 saturated heterocycles. The standard InChI is InChI=1S/C11H15N3O4S/c15-10(16)9-5-14(3-4-18-9)11(17)12-2-1-8-6-19-7-13-8/h6-7,9H,1-5H2,(H,12,17)(H,15,16). The molecule has 0 saturated carbocycles. The van der Waals surface area contributed by atoms with E-state index in [2.05, 4.69) is 10.3 Å². The second kappa shape index (κ2) is 6.48. The van der Waals surface area contributed by atoms with Gasteiger partial charge in [-0.1, -0.05) is 0 Å². The lowest BCUT2D eigenvalue weighted by Crippen LogP contribution is -2.52. The molecule has 0 aliphatic carbocycles. The number of hydrogen-bond acceptors (Lipinski definition) is 5. The van der Waals surface area contributed by atoms with Crippen LogP contribution in [0.5, 0.6) is 0 Å². The number of thiazole rings is 1. The number of amides is 2. The summed E-state index contributed by atoms with van der Waals surface area (Å²) in [6, 6.07) is -0.259. The van der Waals surface area contributed by atoms with Crippen molar-refractivity contribution in [1.29, 1.82) is 0 Å². The Balaban J connectivity index is 1.74. The van der Waals surface area contributed by atoms with Crippen molar-refractivity contribution in [3.05, 3.63) is 16.6 Å². The third kappa shape index (κ3) is 3.90. The Morgan fingerprint density at radius 2 is 2.47 bits per heavy atom. The molecule has 1 aliphatic rings. The van der Waals surface area contributed by atoms with Crippen molar-refractivity contribution in [3.63, 3.8) is 0 Å². The van der Waals surface area contributed by atoms with E-state index in [0.29, 0.717) is 19.5 Å². The lowest BCUT2D eigenvalue weighted by molar-refractivity contribution is -0.154. The van der Waals surface area contributed by atoms with E-state index in [4.69, 9.17) is 9.84 Å². The number of rotatable bonds is 4. The topological polar surface area (TPSA) is 91.8 Å². The SMILES string of the molecule is O=C(O)C1CN(C(=O)NCCc2cscn2)CCO1. The molecule has 1 aromatic heterocycles. The number of aromatic nitrogens is 1. The van der Waals surface area contributed by atoms with Crippen LogP contribution in [-0.2, 0) is 16.0 Å². The van der Waals surface area contributed by atoms with Crippen LogP contribution in [0.2, 0.25) is 0 Å². The highest BCUT2D eigenvalue weighted by Crippen LogP contribution is 2.06. The Labute approximate surface area is 114 Å². The van der Waals surface area contributed by atoms with Crippen LogP contribution in [0, 0.1) is 0 Å². The molecule has 1 aromatic rings. The van der Waals surface area contributed by atoms with Crippen LogP contribution in [-0.4, -0.2) is 59.3 Å². The van der Waals surface area contributed by atoms with Crippen LogP contribution in [0.1, 0.15) is 5.69 Å². The van der Waals surface area contributed by atoms with Crippen LogP contribution in [0.4, 0.5) is 4.79 Å². The second-order valence-electron chi connectivity index (χ2n) is 4.11. The molecule has 0 bridgehead atoms. The molecule has 0 spiro atoms. The van der Waals surface area contributed by atoms with Gasteiger partial charge in [0, 0.05) is 24.9 Å². The molecule has 2 heterocycles. The first-order valence-corrected chi connectivity index (χ1v) is 6.85. The Bertz CT molecular complexity index is 437. The molecule has 2 N–H and O–H groups in total. The summed E-state index contributed by atoms with van der Waals surface area (Å²) >= 11 is 1.51. The zero-order chi connectivity index (χ0) is 13.7. The van der Waals surface area contributed by atoms with Crippen LogP contribution in [0.3, 0.4) is 0 Å². The highest BCUT2D eigenvalue weighted by Gasteiger charge is 2.28. The molecule has 104 valence electrons. The van der Waals surface area contributed by atoms with E-state index in [1.165, 1.54) is 16.2 Å². The second-order valence-corrected chi connectivity index (χ2v) is 4.82. The summed E-state index contributed by atoms with van der Waals surface area (Å²) in [5, 5.41) is 13.5. The first-order chi connectivity index (χ1) is 9.16. The van der Waals surface area contributed by atoms with E-state index < -0.39 is 12.1 Å². The molecule has 1 aliphatic heterocycles. The van der Waals surface area contributed by atoms with Crippen molar-refractivity contribution in [3.8, 4) is 0 Å². The monoisotopic (exact) mass is 285 g/mol. The van der Waals surface area contributed by atoms with E-state index >= 15 is 0 Å². The van der Waals surface area contributed by atoms with Gasteiger partial charge in [0.2, 0.25) is 0 Å². The largest absolute Gasteiger partial charge is 0.479 e. The van der Waals surface area contributed by atoms with Crippen molar-refractivity contribution >= 4 is 23.3 Å². The summed E-state index contributed by atoms with van der Waals surface area (Å²) in [5.74, 6) is -1.04. The average Bonchev–Trinajstić information content (AvgIpc) is 2.92. The van der Waals surface area contributed by atoms with Gasteiger partial charge in [-0.15, -0.1) is 11.3 Å². The van der Waals surface area contributed by atoms with E-state index in [0.717, 1.165) is 5.69 Å². The minimum absolute atomic E-state index is 0.0812. The summed E-state index contributed by atoms with van der Waals surface area (Å²) in [6.45, 7) is 1.22. The molecule has 0 aromatic carbocycles. The maximum absolute atomic E-state index is 11.8. The molecule has 1 atom stereocenters. The zero-order valence-corrected chi connectivity index (χ0v) is 11.1. The molecule has 19 heavy (non-hydrogen) atoms. The van der Waals surface area contributed by atoms with Crippen molar-refractivity contribution in [2.75, 3.05) is 26.2 Å². The van der Waals surface area contributed by atoms with Gasteiger partial charge in [-0.2, -0.15) is 0 Å². The quantitative estimate of drug-likeness (QED) is 0.823. The summed E-state index contributed by atoms with van der Waals surface area (Å²) in [5.41, 5.74) is 2.69. The number of carboxylic acids is 1. The molecule has 2 rings (SSSR count). The van der Waals surface area contributed by atoms with Gasteiger partial charge in [0.05, 0.1) is 24.4 Å². The number of urea groups is 1. The molecule has 1 unspecified atom stereocenters. The number of morpholine rings is 1.